The molecule has 0 amide bonds. The zero-order chi connectivity index (χ0) is 19.7. The van der Waals surface area contributed by atoms with E-state index < -0.39 is 21.7 Å². The van der Waals surface area contributed by atoms with Gasteiger partial charge in [0.25, 0.3) is 0 Å². The number of hydrogen-bond acceptors (Lipinski definition) is 3. The van der Waals surface area contributed by atoms with E-state index in [0.29, 0.717) is 26.2 Å². The van der Waals surface area contributed by atoms with E-state index >= 15 is 0 Å². The first-order chi connectivity index (χ1) is 13.4. The summed E-state index contributed by atoms with van der Waals surface area (Å²) in [5.74, 6) is -1.70. The molecule has 0 unspecified atom stereocenters. The van der Waals surface area contributed by atoms with Crippen molar-refractivity contribution in [2.45, 2.75) is 11.4 Å². The summed E-state index contributed by atoms with van der Waals surface area (Å²) in [7, 11) is -3.59. The van der Waals surface area contributed by atoms with E-state index in [1.54, 1.807) is 18.2 Å². The Morgan fingerprint density at radius 1 is 0.821 bits per heavy atom. The van der Waals surface area contributed by atoms with Crippen LogP contribution < -0.4 is 0 Å². The van der Waals surface area contributed by atoms with Crippen LogP contribution in [0.1, 0.15) is 5.56 Å². The first kappa shape index (κ1) is 19.0. The van der Waals surface area contributed by atoms with Crippen molar-refractivity contribution >= 4 is 20.8 Å². The van der Waals surface area contributed by atoms with E-state index in [-0.39, 0.29) is 17.0 Å². The maximum absolute atomic E-state index is 13.9. The van der Waals surface area contributed by atoms with Gasteiger partial charge in [0.05, 0.1) is 4.90 Å². The lowest BCUT2D eigenvalue weighted by Gasteiger charge is -2.34. The first-order valence-corrected chi connectivity index (χ1v) is 10.5. The topological polar surface area (TPSA) is 40.6 Å². The molecule has 0 aromatic heterocycles. The number of fused-ring (bicyclic) bond motifs is 1. The van der Waals surface area contributed by atoms with Gasteiger partial charge in [-0.2, -0.15) is 4.31 Å². The molecule has 3 aromatic rings. The highest BCUT2D eigenvalue weighted by atomic mass is 32.2. The Labute approximate surface area is 163 Å². The molecule has 3 aromatic carbocycles. The van der Waals surface area contributed by atoms with Crippen LogP contribution >= 0.6 is 0 Å². The number of benzene rings is 3. The average Bonchev–Trinajstić information content (AvgIpc) is 2.71. The van der Waals surface area contributed by atoms with Crippen LogP contribution in [0.15, 0.2) is 65.6 Å². The van der Waals surface area contributed by atoms with Gasteiger partial charge in [0.15, 0.2) is 11.6 Å². The minimum Gasteiger partial charge on any atom is -0.296 e. The molecule has 0 atom stereocenters. The molecule has 1 heterocycles. The normalized spacial score (nSPS) is 16.5. The Balaban J connectivity index is 1.47. The maximum atomic E-state index is 13.9. The number of sulfonamides is 1. The lowest BCUT2D eigenvalue weighted by atomic mass is 10.1. The molecule has 0 spiro atoms. The molecular formula is C21H20F2N2O2S. The van der Waals surface area contributed by atoms with Gasteiger partial charge in [-0.05, 0) is 29.0 Å². The van der Waals surface area contributed by atoms with Gasteiger partial charge in [0.1, 0.15) is 0 Å². The molecule has 4 nitrogen and oxygen atoms in total. The van der Waals surface area contributed by atoms with Gasteiger partial charge in [-0.15, -0.1) is 0 Å². The number of hydrogen-bond donors (Lipinski definition) is 0. The van der Waals surface area contributed by atoms with E-state index in [0.717, 1.165) is 16.8 Å². The maximum Gasteiger partial charge on any atom is 0.243 e. The Morgan fingerprint density at radius 2 is 1.54 bits per heavy atom. The Hall–Kier alpha value is -2.35. The highest BCUT2D eigenvalue weighted by molar-refractivity contribution is 7.89. The third-order valence-corrected chi connectivity index (χ3v) is 7.01. The van der Waals surface area contributed by atoms with Gasteiger partial charge in [0.2, 0.25) is 10.0 Å². The zero-order valence-corrected chi connectivity index (χ0v) is 16.0. The molecule has 0 saturated carbocycles. The Kier molecular flexibility index (Phi) is 5.14. The zero-order valence-electron chi connectivity index (χ0n) is 15.2. The lowest BCUT2D eigenvalue weighted by molar-refractivity contribution is 0.179. The van der Waals surface area contributed by atoms with Crippen LogP contribution in [-0.2, 0) is 16.6 Å². The largest absolute Gasteiger partial charge is 0.296 e. The van der Waals surface area contributed by atoms with Crippen molar-refractivity contribution in [3.8, 4) is 0 Å². The minimum absolute atomic E-state index is 0.257. The minimum atomic E-state index is -3.59. The summed E-state index contributed by atoms with van der Waals surface area (Å²) in [6.45, 7) is 1.80. The van der Waals surface area contributed by atoms with Crippen molar-refractivity contribution in [1.29, 1.82) is 0 Å². The summed E-state index contributed by atoms with van der Waals surface area (Å²) >= 11 is 0. The summed E-state index contributed by atoms with van der Waals surface area (Å²) in [5.41, 5.74) is 0.283. The molecule has 4 rings (SSSR count). The molecule has 1 aliphatic rings. The van der Waals surface area contributed by atoms with Crippen molar-refractivity contribution in [2.75, 3.05) is 26.2 Å². The molecular weight excluding hydrogens is 382 g/mol. The van der Waals surface area contributed by atoms with E-state index in [4.69, 9.17) is 0 Å². The molecule has 0 radical (unpaired) electrons. The average molecular weight is 402 g/mol. The highest BCUT2D eigenvalue weighted by Crippen LogP contribution is 2.23. The summed E-state index contributed by atoms with van der Waals surface area (Å²) in [4.78, 5) is 2.21. The molecule has 0 bridgehead atoms. The number of nitrogens with zero attached hydrogens (tertiary/aromatic N) is 2. The smallest absolute Gasteiger partial charge is 0.243 e. The van der Waals surface area contributed by atoms with Crippen molar-refractivity contribution < 1.29 is 17.2 Å². The fourth-order valence-corrected chi connectivity index (χ4v) is 4.97. The van der Waals surface area contributed by atoms with E-state index in [9.17, 15) is 17.2 Å². The number of rotatable bonds is 4. The summed E-state index contributed by atoms with van der Waals surface area (Å²) in [5, 5.41) is 1.87. The summed E-state index contributed by atoms with van der Waals surface area (Å²) < 4.78 is 54.7. The Morgan fingerprint density at radius 3 is 2.29 bits per heavy atom. The van der Waals surface area contributed by atoms with Crippen molar-refractivity contribution in [3.05, 3.63) is 77.9 Å². The standard InChI is InChI=1S/C21H20F2N2O2S/c22-20-7-3-6-18(21(20)23)15-24-10-12-25(13-11-24)28(26,27)19-9-8-16-4-1-2-5-17(16)14-19/h1-9,14H,10-13,15H2. The highest BCUT2D eigenvalue weighted by Gasteiger charge is 2.29. The van der Waals surface area contributed by atoms with Crippen LogP contribution in [0, 0.1) is 11.6 Å². The van der Waals surface area contributed by atoms with Crippen LogP contribution in [-0.4, -0.2) is 43.8 Å². The fourth-order valence-electron chi connectivity index (χ4n) is 3.52. The molecule has 1 fully saturated rings. The van der Waals surface area contributed by atoms with Crippen molar-refractivity contribution in [2.24, 2.45) is 0 Å². The second-order valence-electron chi connectivity index (χ2n) is 6.90. The van der Waals surface area contributed by atoms with Gasteiger partial charge >= 0.3 is 0 Å². The Bertz CT molecular complexity index is 1110. The molecule has 0 N–H and O–H groups in total. The van der Waals surface area contributed by atoms with Crippen molar-refractivity contribution in [1.82, 2.24) is 9.21 Å². The molecule has 0 aliphatic carbocycles. The molecule has 28 heavy (non-hydrogen) atoms. The first-order valence-electron chi connectivity index (χ1n) is 9.09. The molecule has 146 valence electrons. The van der Waals surface area contributed by atoms with E-state index in [1.165, 1.54) is 10.4 Å². The van der Waals surface area contributed by atoms with Crippen LogP contribution in [0.2, 0.25) is 0 Å². The summed E-state index contributed by atoms with van der Waals surface area (Å²) in [6, 6.07) is 16.9. The quantitative estimate of drug-likeness (QED) is 0.669. The van der Waals surface area contributed by atoms with Crippen LogP contribution in [0.25, 0.3) is 10.8 Å². The second-order valence-corrected chi connectivity index (χ2v) is 8.84. The third-order valence-electron chi connectivity index (χ3n) is 5.12. The lowest BCUT2D eigenvalue weighted by Crippen LogP contribution is -2.48. The number of halogens is 2. The van der Waals surface area contributed by atoms with Crippen molar-refractivity contribution in [3.63, 3.8) is 0 Å². The molecule has 7 heteroatoms. The number of piperazine rings is 1. The van der Waals surface area contributed by atoms with Gasteiger partial charge in [0, 0.05) is 38.3 Å². The van der Waals surface area contributed by atoms with Crippen LogP contribution in [0.5, 0.6) is 0 Å². The van der Waals surface area contributed by atoms with Gasteiger partial charge in [-0.25, -0.2) is 17.2 Å². The predicted molar refractivity (Wildman–Crippen MR) is 104 cm³/mol. The van der Waals surface area contributed by atoms with Gasteiger partial charge in [-0.1, -0.05) is 42.5 Å². The fraction of sp³-hybridized carbons (Fsp3) is 0.238. The van der Waals surface area contributed by atoms with E-state index in [2.05, 4.69) is 0 Å². The summed E-state index contributed by atoms with van der Waals surface area (Å²) in [6.07, 6.45) is 0. The van der Waals surface area contributed by atoms with Gasteiger partial charge < -0.3 is 0 Å². The van der Waals surface area contributed by atoms with E-state index in [1.807, 2.05) is 35.2 Å². The monoisotopic (exact) mass is 402 g/mol. The van der Waals surface area contributed by atoms with Gasteiger partial charge in [-0.3, -0.25) is 4.90 Å². The van der Waals surface area contributed by atoms with Crippen LogP contribution in [0.3, 0.4) is 0 Å². The molecule has 1 aliphatic heterocycles. The predicted octanol–water partition coefficient (Wildman–Crippen LogP) is 3.62. The molecule has 1 saturated heterocycles. The second kappa shape index (κ2) is 7.58. The SMILES string of the molecule is O=S(=O)(c1ccc2ccccc2c1)N1CCN(Cc2cccc(F)c2F)CC1. The van der Waals surface area contributed by atoms with Crippen LogP contribution in [0.4, 0.5) is 8.78 Å². The third kappa shape index (κ3) is 3.65.